The zero-order chi connectivity index (χ0) is 20.1. The van der Waals surface area contributed by atoms with E-state index in [1.165, 1.54) is 0 Å². The topological polar surface area (TPSA) is 59.2 Å². The first-order valence-corrected chi connectivity index (χ1v) is 9.44. The molecule has 0 fully saturated rings. The molecule has 1 heterocycles. The number of aromatic nitrogens is 1. The molecule has 2 N–H and O–H groups in total. The lowest BCUT2D eigenvalue weighted by Gasteiger charge is -2.18. The monoisotopic (exact) mass is 410 g/mol. The van der Waals surface area contributed by atoms with Gasteiger partial charge in [-0.3, -0.25) is 0 Å². The van der Waals surface area contributed by atoms with Gasteiger partial charge in [-0.1, -0.05) is 54.2 Å². The van der Waals surface area contributed by atoms with E-state index >= 15 is 0 Å². The van der Waals surface area contributed by atoms with Gasteiger partial charge in [0, 0.05) is 22.3 Å². The molecule has 0 amide bonds. The lowest BCUT2D eigenvalue weighted by molar-refractivity contribution is -0.578. The summed E-state index contributed by atoms with van der Waals surface area (Å²) in [4.78, 5) is 0.260. The van der Waals surface area contributed by atoms with Crippen molar-refractivity contribution in [2.45, 2.75) is 13.5 Å². The number of aryl methyl sites for hydroxylation is 1. The second-order valence-electron chi connectivity index (χ2n) is 6.26. The van der Waals surface area contributed by atoms with Crippen LogP contribution in [0.15, 0.2) is 73.1 Å². The highest BCUT2D eigenvalue weighted by atomic mass is 35.5. The van der Waals surface area contributed by atoms with Gasteiger partial charge in [-0.05, 0) is 48.1 Å². The van der Waals surface area contributed by atoms with Crippen molar-refractivity contribution < 1.29 is 14.8 Å². The summed E-state index contributed by atoms with van der Waals surface area (Å²) in [6.45, 7) is 1.83. The van der Waals surface area contributed by atoms with Crippen LogP contribution in [0.4, 0.5) is 5.69 Å². The van der Waals surface area contributed by atoms with Gasteiger partial charge in [0.15, 0.2) is 17.4 Å². The summed E-state index contributed by atoms with van der Waals surface area (Å²) in [6.07, 6.45) is 3.39. The molecule has 0 aliphatic carbocycles. The molecule has 0 aliphatic rings. The summed E-state index contributed by atoms with van der Waals surface area (Å²) in [5.74, 6) is -0.309. The Balaban J connectivity index is 2.12. The molecule has 0 atom stereocenters. The number of pyridine rings is 1. The van der Waals surface area contributed by atoms with E-state index < -0.39 is 0 Å². The van der Waals surface area contributed by atoms with Gasteiger partial charge < -0.3 is 15.5 Å². The number of hydrogen-bond donors (Lipinski definition) is 2. The third-order valence-corrected chi connectivity index (χ3v) is 4.75. The molecule has 1 aromatic heterocycles. The first-order valence-electron chi connectivity index (χ1n) is 8.65. The van der Waals surface area contributed by atoms with Crippen LogP contribution >= 0.6 is 23.8 Å². The molecule has 2 aromatic carbocycles. The molecule has 0 saturated carbocycles. The van der Waals surface area contributed by atoms with E-state index in [9.17, 15) is 10.2 Å². The van der Waals surface area contributed by atoms with E-state index in [1.807, 2.05) is 31.2 Å². The third-order valence-electron chi connectivity index (χ3n) is 4.13. The standard InChI is InChI=1S/C22H19ClN2O2S/c1-15-6-4-8-17(12-15)24-22(28)20(25-11-5-7-16(13-25)14-26)21(27)18-9-2-3-10-19(18)23/h2-13,26H,14H2,1H3,(H-,24,27,28). The van der Waals surface area contributed by atoms with Crippen molar-refractivity contribution in [3.05, 3.63) is 94.8 Å². The average Bonchev–Trinajstić information content (AvgIpc) is 2.68. The maximum Gasteiger partial charge on any atom is 0.238 e. The molecular formula is C22H19ClN2O2S. The predicted octanol–water partition coefficient (Wildman–Crippen LogP) is 3.55. The van der Waals surface area contributed by atoms with Crippen molar-refractivity contribution in [3.8, 4) is 0 Å². The minimum Gasteiger partial charge on any atom is -0.867 e. The second kappa shape index (κ2) is 8.97. The molecule has 3 aromatic rings. The van der Waals surface area contributed by atoms with Gasteiger partial charge in [0.25, 0.3) is 0 Å². The lowest BCUT2D eigenvalue weighted by atomic mass is 10.1. The van der Waals surface area contributed by atoms with Crippen LogP contribution in [0.5, 0.6) is 0 Å². The summed E-state index contributed by atoms with van der Waals surface area (Å²) in [5, 5.41) is 26.3. The van der Waals surface area contributed by atoms with Crippen molar-refractivity contribution in [1.29, 1.82) is 0 Å². The van der Waals surface area contributed by atoms with Gasteiger partial charge in [0.2, 0.25) is 5.70 Å². The molecule has 0 spiro atoms. The number of rotatable bonds is 5. The Morgan fingerprint density at radius 2 is 1.93 bits per heavy atom. The molecule has 0 aliphatic heterocycles. The Morgan fingerprint density at radius 3 is 2.64 bits per heavy atom. The predicted molar refractivity (Wildman–Crippen MR) is 115 cm³/mol. The van der Waals surface area contributed by atoms with Gasteiger partial charge in [0.1, 0.15) is 0 Å². The molecule has 3 rings (SSSR count). The Morgan fingerprint density at radius 1 is 1.14 bits per heavy atom. The SMILES string of the molecule is Cc1cccc(NC(=S)C(=C([O-])c2ccccc2Cl)[n+]2cccc(CO)c2)c1. The maximum absolute atomic E-state index is 13.3. The van der Waals surface area contributed by atoms with Crippen LogP contribution in [0, 0.1) is 6.92 Å². The van der Waals surface area contributed by atoms with Crippen LogP contribution in [0.1, 0.15) is 16.7 Å². The van der Waals surface area contributed by atoms with E-state index in [0.29, 0.717) is 16.1 Å². The molecule has 0 radical (unpaired) electrons. The normalized spacial score (nSPS) is 11.7. The molecule has 0 unspecified atom stereocenters. The number of aliphatic hydroxyl groups is 1. The molecular weight excluding hydrogens is 392 g/mol. The van der Waals surface area contributed by atoms with Crippen LogP contribution in [0.25, 0.3) is 11.5 Å². The summed E-state index contributed by atoms with van der Waals surface area (Å²) in [5.41, 5.74) is 3.12. The highest BCUT2D eigenvalue weighted by molar-refractivity contribution is 7.81. The molecule has 4 nitrogen and oxygen atoms in total. The van der Waals surface area contributed by atoms with Crippen LogP contribution in [0.2, 0.25) is 5.02 Å². The number of aliphatic hydroxyl groups excluding tert-OH is 1. The van der Waals surface area contributed by atoms with E-state index in [-0.39, 0.29) is 23.1 Å². The highest BCUT2D eigenvalue weighted by Gasteiger charge is 2.20. The number of hydrogen-bond acceptors (Lipinski definition) is 3. The number of halogens is 1. The number of thiocarbonyl (C=S) groups is 1. The Kier molecular flexibility index (Phi) is 6.41. The Hall–Kier alpha value is -2.73. The van der Waals surface area contributed by atoms with Crippen LogP contribution < -0.4 is 15.0 Å². The molecule has 6 heteroatoms. The first kappa shape index (κ1) is 20.0. The molecule has 0 bridgehead atoms. The summed E-state index contributed by atoms with van der Waals surface area (Å²) < 4.78 is 1.61. The van der Waals surface area contributed by atoms with Crippen molar-refractivity contribution in [1.82, 2.24) is 0 Å². The van der Waals surface area contributed by atoms with Crippen molar-refractivity contribution >= 4 is 46.0 Å². The van der Waals surface area contributed by atoms with Gasteiger partial charge in [-0.25, -0.2) is 0 Å². The smallest absolute Gasteiger partial charge is 0.238 e. The first-order chi connectivity index (χ1) is 13.5. The number of nitrogens with one attached hydrogen (secondary N) is 1. The van der Waals surface area contributed by atoms with Gasteiger partial charge in [-0.2, -0.15) is 4.57 Å². The van der Waals surface area contributed by atoms with Crippen molar-refractivity contribution in [2.24, 2.45) is 0 Å². The molecule has 0 saturated heterocycles. The second-order valence-corrected chi connectivity index (χ2v) is 7.07. The van der Waals surface area contributed by atoms with Crippen molar-refractivity contribution in [2.75, 3.05) is 5.32 Å². The van der Waals surface area contributed by atoms with Gasteiger partial charge in [-0.15, -0.1) is 0 Å². The van der Waals surface area contributed by atoms with Crippen LogP contribution in [-0.2, 0) is 6.61 Å². The van der Waals surface area contributed by atoms with E-state index in [1.54, 1.807) is 53.4 Å². The molecule has 28 heavy (non-hydrogen) atoms. The van der Waals surface area contributed by atoms with Crippen LogP contribution in [-0.4, -0.2) is 10.1 Å². The number of benzene rings is 2. The fourth-order valence-corrected chi connectivity index (χ4v) is 3.32. The van der Waals surface area contributed by atoms with Crippen molar-refractivity contribution in [3.63, 3.8) is 0 Å². The van der Waals surface area contributed by atoms with E-state index in [2.05, 4.69) is 5.32 Å². The number of anilines is 1. The lowest BCUT2D eigenvalue weighted by Crippen LogP contribution is -2.40. The summed E-state index contributed by atoms with van der Waals surface area (Å²) in [6, 6.07) is 18.1. The van der Waals surface area contributed by atoms with E-state index in [4.69, 9.17) is 23.8 Å². The largest absolute Gasteiger partial charge is 0.867 e. The Bertz CT molecular complexity index is 1050. The Labute approximate surface area is 174 Å². The summed E-state index contributed by atoms with van der Waals surface area (Å²) in [7, 11) is 0. The fourth-order valence-electron chi connectivity index (χ4n) is 2.78. The minimum absolute atomic E-state index is 0.146. The summed E-state index contributed by atoms with van der Waals surface area (Å²) >= 11 is 11.8. The molecule has 142 valence electrons. The quantitative estimate of drug-likeness (QED) is 0.292. The van der Waals surface area contributed by atoms with Crippen LogP contribution in [0.3, 0.4) is 0 Å². The zero-order valence-corrected chi connectivity index (χ0v) is 16.8. The van der Waals surface area contributed by atoms with E-state index in [0.717, 1.165) is 11.3 Å². The number of nitrogens with zero attached hydrogens (tertiary/aromatic N) is 1. The third kappa shape index (κ3) is 4.57. The maximum atomic E-state index is 13.3. The van der Waals surface area contributed by atoms with Gasteiger partial charge in [0.05, 0.1) is 6.61 Å². The zero-order valence-electron chi connectivity index (χ0n) is 15.2. The minimum atomic E-state index is -0.309. The van der Waals surface area contributed by atoms with Gasteiger partial charge >= 0.3 is 0 Å². The highest BCUT2D eigenvalue weighted by Crippen LogP contribution is 2.24. The average molecular weight is 411 g/mol. The fraction of sp³-hybridized carbons (Fsp3) is 0.0909.